The van der Waals surface area contributed by atoms with Gasteiger partial charge in [0.15, 0.2) is 23.1 Å². The average molecular weight is 529 g/mol. The van der Waals surface area contributed by atoms with Crippen molar-refractivity contribution in [2.24, 2.45) is 10.8 Å². The molecule has 0 spiro atoms. The molecule has 0 fully saturated rings. The van der Waals surface area contributed by atoms with Gasteiger partial charge in [-0.25, -0.2) is 0 Å². The van der Waals surface area contributed by atoms with Crippen molar-refractivity contribution >= 4 is 35.1 Å². The molecule has 0 unspecified atom stereocenters. The standard InChI is InChI=1S/C29H36O8.CH4/c1-28(2,26(34)35)12-6-10-20-16-22(30)14-18(24(20)32)8-5-9-19-15-23(31)17-21(25(19)33)11-7-13-29(3,4)27(36)37;/h14-17H,5-13H2,1-4H3,(H,34,35)(H,36,37);1H4. The van der Waals surface area contributed by atoms with Crippen LogP contribution in [-0.2, 0) is 28.8 Å². The number of rotatable bonds is 14. The maximum Gasteiger partial charge on any atom is 0.309 e. The minimum atomic E-state index is -0.918. The molecule has 0 aliphatic heterocycles. The van der Waals surface area contributed by atoms with E-state index in [1.54, 1.807) is 27.7 Å². The van der Waals surface area contributed by atoms with Crippen LogP contribution >= 0.6 is 0 Å². The molecule has 38 heavy (non-hydrogen) atoms. The van der Waals surface area contributed by atoms with Crippen LogP contribution in [0.15, 0.2) is 46.6 Å². The molecule has 0 saturated heterocycles. The highest BCUT2D eigenvalue weighted by Gasteiger charge is 2.29. The Hall–Kier alpha value is -3.42. The van der Waals surface area contributed by atoms with Gasteiger partial charge < -0.3 is 10.2 Å². The molecule has 8 nitrogen and oxygen atoms in total. The first-order chi connectivity index (χ1) is 17.1. The molecule has 0 amide bonds. The highest BCUT2D eigenvalue weighted by Crippen LogP contribution is 2.30. The molecule has 0 aromatic rings. The van der Waals surface area contributed by atoms with Crippen molar-refractivity contribution < 1.29 is 39.0 Å². The van der Waals surface area contributed by atoms with Gasteiger partial charge in [0.2, 0.25) is 0 Å². The number of hydrogen-bond acceptors (Lipinski definition) is 6. The minimum Gasteiger partial charge on any atom is -0.481 e. The summed E-state index contributed by atoms with van der Waals surface area (Å²) >= 11 is 0. The third kappa shape index (κ3) is 8.85. The molecular formula is C30H40O8. The van der Waals surface area contributed by atoms with Crippen LogP contribution in [-0.4, -0.2) is 45.3 Å². The summed E-state index contributed by atoms with van der Waals surface area (Å²) in [7, 11) is 0. The third-order valence-corrected chi connectivity index (χ3v) is 6.98. The van der Waals surface area contributed by atoms with E-state index >= 15 is 0 Å². The lowest BCUT2D eigenvalue weighted by Crippen LogP contribution is -2.23. The van der Waals surface area contributed by atoms with Gasteiger partial charge in [0.05, 0.1) is 10.8 Å². The minimum absolute atomic E-state index is 0. The summed E-state index contributed by atoms with van der Waals surface area (Å²) in [5, 5.41) is 18.5. The van der Waals surface area contributed by atoms with E-state index < -0.39 is 22.8 Å². The summed E-state index contributed by atoms with van der Waals surface area (Å²) in [5.41, 5.74) is -0.414. The van der Waals surface area contributed by atoms with Crippen LogP contribution in [0.3, 0.4) is 0 Å². The van der Waals surface area contributed by atoms with Crippen LogP contribution < -0.4 is 0 Å². The van der Waals surface area contributed by atoms with Crippen LogP contribution in [0.4, 0.5) is 0 Å². The first kappa shape index (κ1) is 32.6. The van der Waals surface area contributed by atoms with Crippen molar-refractivity contribution in [3.63, 3.8) is 0 Å². The van der Waals surface area contributed by atoms with Crippen molar-refractivity contribution in [2.75, 3.05) is 0 Å². The number of carbonyl (C=O) groups is 6. The summed E-state index contributed by atoms with van der Waals surface area (Å²) in [6.07, 6.45) is 8.40. The Morgan fingerprint density at radius 1 is 0.579 bits per heavy atom. The molecule has 0 bridgehead atoms. The summed E-state index contributed by atoms with van der Waals surface area (Å²) in [6, 6.07) is 0. The Balaban J connectivity index is 0.00000722. The van der Waals surface area contributed by atoms with Gasteiger partial charge in [0.1, 0.15) is 0 Å². The van der Waals surface area contributed by atoms with Crippen LogP contribution in [0.25, 0.3) is 0 Å². The summed E-state index contributed by atoms with van der Waals surface area (Å²) < 4.78 is 0. The van der Waals surface area contributed by atoms with Crippen molar-refractivity contribution in [3.8, 4) is 0 Å². The molecule has 8 heteroatoms. The zero-order chi connectivity index (χ0) is 28.0. The Kier molecular flexibility index (Phi) is 11.5. The van der Waals surface area contributed by atoms with Crippen molar-refractivity contribution in [2.45, 2.75) is 92.9 Å². The summed E-state index contributed by atoms with van der Waals surface area (Å²) in [6.45, 7) is 6.47. The van der Waals surface area contributed by atoms with Gasteiger partial charge in [-0.05, 0) is 110 Å². The van der Waals surface area contributed by atoms with Crippen LogP contribution in [0, 0.1) is 10.8 Å². The first-order valence-corrected chi connectivity index (χ1v) is 12.6. The normalized spacial score (nSPS) is 16.3. The van der Waals surface area contributed by atoms with Crippen molar-refractivity contribution in [3.05, 3.63) is 46.6 Å². The van der Waals surface area contributed by atoms with Gasteiger partial charge in [0.25, 0.3) is 0 Å². The molecule has 2 N–H and O–H groups in total. The molecule has 0 heterocycles. The molecule has 0 atom stereocenters. The molecule has 0 radical (unpaired) electrons. The van der Waals surface area contributed by atoms with Crippen LogP contribution in [0.1, 0.15) is 92.9 Å². The number of ketones is 4. The Labute approximate surface area is 224 Å². The quantitative estimate of drug-likeness (QED) is 0.287. The second-order valence-corrected chi connectivity index (χ2v) is 11.1. The lowest BCUT2D eigenvalue weighted by molar-refractivity contribution is -0.148. The van der Waals surface area contributed by atoms with Gasteiger partial charge in [-0.3, -0.25) is 28.8 Å². The SMILES string of the molecule is C.CC(C)(CCCC1=CC(=O)C=C(CCCC2=CC(=O)C=C(CCCC(C)(C)C(=O)O)C2=O)C1=O)C(=O)O. The molecule has 208 valence electrons. The van der Waals surface area contributed by atoms with E-state index in [0.29, 0.717) is 67.2 Å². The monoisotopic (exact) mass is 528 g/mol. The second kappa shape index (κ2) is 13.4. The van der Waals surface area contributed by atoms with Crippen LogP contribution in [0.2, 0.25) is 0 Å². The average Bonchev–Trinajstić information content (AvgIpc) is 2.78. The van der Waals surface area contributed by atoms with E-state index in [-0.39, 0.29) is 43.4 Å². The van der Waals surface area contributed by atoms with Gasteiger partial charge in [-0.1, -0.05) is 7.43 Å². The van der Waals surface area contributed by atoms with Gasteiger partial charge in [-0.2, -0.15) is 0 Å². The van der Waals surface area contributed by atoms with E-state index in [0.717, 1.165) is 0 Å². The third-order valence-electron chi connectivity index (χ3n) is 6.98. The second-order valence-electron chi connectivity index (χ2n) is 11.1. The number of Topliss-reactive ketones (excluding diaryl/α,β-unsaturated/α-hetero) is 2. The lowest BCUT2D eigenvalue weighted by atomic mass is 9.83. The van der Waals surface area contributed by atoms with Gasteiger partial charge in [-0.15, -0.1) is 0 Å². The number of aliphatic carboxylic acids is 2. The summed E-state index contributed by atoms with van der Waals surface area (Å²) in [5.74, 6) is -2.90. The van der Waals surface area contributed by atoms with Gasteiger partial charge in [0, 0.05) is 22.3 Å². The predicted octanol–water partition coefficient (Wildman–Crippen LogP) is 5.36. The van der Waals surface area contributed by atoms with Gasteiger partial charge >= 0.3 is 11.9 Å². The fourth-order valence-corrected chi connectivity index (χ4v) is 4.31. The Bertz CT molecular complexity index is 1040. The molecule has 0 aromatic heterocycles. The molecular weight excluding hydrogens is 488 g/mol. The first-order valence-electron chi connectivity index (χ1n) is 12.6. The fourth-order valence-electron chi connectivity index (χ4n) is 4.31. The van der Waals surface area contributed by atoms with E-state index in [2.05, 4.69) is 0 Å². The molecule has 2 aliphatic rings. The maximum absolute atomic E-state index is 12.9. The number of carboxylic acids is 2. The maximum atomic E-state index is 12.9. The topological polar surface area (TPSA) is 143 Å². The Morgan fingerprint density at radius 2 is 0.842 bits per heavy atom. The highest BCUT2D eigenvalue weighted by atomic mass is 16.4. The van der Waals surface area contributed by atoms with E-state index in [1.807, 2.05) is 0 Å². The highest BCUT2D eigenvalue weighted by molar-refractivity contribution is 6.21. The zero-order valence-electron chi connectivity index (χ0n) is 22.0. The number of carbonyl (C=O) groups excluding carboxylic acids is 4. The molecule has 2 rings (SSSR count). The van der Waals surface area contributed by atoms with Crippen LogP contribution in [0.5, 0.6) is 0 Å². The predicted molar refractivity (Wildman–Crippen MR) is 143 cm³/mol. The molecule has 2 aliphatic carbocycles. The number of allylic oxidation sites excluding steroid dienone is 8. The van der Waals surface area contributed by atoms with Crippen molar-refractivity contribution in [1.29, 1.82) is 0 Å². The number of carboxylic acid groups (broad SMARTS) is 2. The van der Waals surface area contributed by atoms with E-state index in [1.165, 1.54) is 24.3 Å². The lowest BCUT2D eigenvalue weighted by Gasteiger charge is -2.20. The smallest absolute Gasteiger partial charge is 0.309 e. The fraction of sp³-hybridized carbons (Fsp3) is 0.533. The summed E-state index contributed by atoms with van der Waals surface area (Å²) in [4.78, 5) is 72.6. The van der Waals surface area contributed by atoms with E-state index in [9.17, 15) is 39.0 Å². The largest absolute Gasteiger partial charge is 0.481 e. The molecule has 0 aromatic carbocycles. The Morgan fingerprint density at radius 3 is 1.11 bits per heavy atom. The van der Waals surface area contributed by atoms with E-state index in [4.69, 9.17) is 0 Å². The zero-order valence-corrected chi connectivity index (χ0v) is 22.0. The van der Waals surface area contributed by atoms with Crippen molar-refractivity contribution in [1.82, 2.24) is 0 Å². The molecule has 0 saturated carbocycles. The number of hydrogen-bond donors (Lipinski definition) is 2.